The summed E-state index contributed by atoms with van der Waals surface area (Å²) in [5.41, 5.74) is 5.18. The van der Waals surface area contributed by atoms with Crippen LogP contribution in [0.1, 0.15) is 155 Å². The van der Waals surface area contributed by atoms with Crippen LogP contribution in [-0.4, -0.2) is 0 Å². The molecule has 226 valence electrons. The fraction of sp³-hybridized carbons (Fsp3) is 0.789. The van der Waals surface area contributed by atoms with Crippen molar-refractivity contribution in [3.8, 4) is 0 Å². The summed E-state index contributed by atoms with van der Waals surface area (Å²) >= 11 is 0. The van der Waals surface area contributed by atoms with Crippen molar-refractivity contribution >= 4 is 0 Å². The smallest absolute Gasteiger partial charge is 0.0256 e. The van der Waals surface area contributed by atoms with E-state index >= 15 is 0 Å². The van der Waals surface area contributed by atoms with Crippen molar-refractivity contribution in [2.75, 3.05) is 0 Å². The van der Waals surface area contributed by atoms with Crippen LogP contribution >= 0.6 is 0 Å². The van der Waals surface area contributed by atoms with Gasteiger partial charge in [0.25, 0.3) is 0 Å². The topological polar surface area (TPSA) is 0 Å². The van der Waals surface area contributed by atoms with Crippen molar-refractivity contribution in [2.45, 2.75) is 156 Å². The van der Waals surface area contributed by atoms with Crippen LogP contribution in [0.3, 0.4) is 0 Å². The van der Waals surface area contributed by atoms with E-state index in [0.717, 1.165) is 35.5 Å². The van der Waals surface area contributed by atoms with Crippen LogP contribution in [0.25, 0.3) is 0 Å². The van der Waals surface area contributed by atoms with Crippen LogP contribution in [0.4, 0.5) is 0 Å². The summed E-state index contributed by atoms with van der Waals surface area (Å²) in [6.07, 6.45) is 7.73. The molecule has 0 bridgehead atoms. The standard InChI is InChI=1S/C12H24.C11H24.C10H14.C5H12/c1-9(2)7-11(5)12(6)8-10(3)4;1-9(2)7-11(5,6)8-10(3)4;1-9(2)8-10-6-4-3-5-7-10;1-4-5(2)3/h9-10H,7-8H2,1-6H3;9-10H,7-8H2,1-6H3;3-7,9H,8H2,1-2H3;5H,4H2,1-3H3/b12-11-;;;. The average molecular weight is 531 g/mol. The number of hydrogen-bond donors (Lipinski definition) is 0. The summed E-state index contributed by atoms with van der Waals surface area (Å²) in [5, 5.41) is 0. The highest BCUT2D eigenvalue weighted by atomic mass is 14.3. The summed E-state index contributed by atoms with van der Waals surface area (Å²) in [5.74, 6) is 4.92. The summed E-state index contributed by atoms with van der Waals surface area (Å²) in [6, 6.07) is 10.6. The highest BCUT2D eigenvalue weighted by Crippen LogP contribution is 2.32. The zero-order valence-electron chi connectivity index (χ0n) is 29.6. The Morgan fingerprint density at radius 3 is 1.13 bits per heavy atom. The lowest BCUT2D eigenvalue weighted by molar-refractivity contribution is 0.233. The van der Waals surface area contributed by atoms with Gasteiger partial charge in [-0.3, -0.25) is 0 Å². The van der Waals surface area contributed by atoms with Gasteiger partial charge in [-0.2, -0.15) is 0 Å². The first-order valence-corrected chi connectivity index (χ1v) is 16.0. The van der Waals surface area contributed by atoms with Crippen LogP contribution in [-0.2, 0) is 6.42 Å². The average Bonchev–Trinajstić information content (AvgIpc) is 2.72. The molecule has 0 radical (unpaired) electrons. The molecule has 1 aromatic rings. The largest absolute Gasteiger partial charge is 0.0741 e. The van der Waals surface area contributed by atoms with Gasteiger partial charge in [0.2, 0.25) is 0 Å². The van der Waals surface area contributed by atoms with E-state index in [0.29, 0.717) is 5.41 Å². The third-order valence-electron chi connectivity index (χ3n) is 6.38. The maximum Gasteiger partial charge on any atom is -0.0256 e. The van der Waals surface area contributed by atoms with Crippen molar-refractivity contribution in [1.29, 1.82) is 0 Å². The molecule has 0 N–H and O–H groups in total. The third kappa shape index (κ3) is 33.0. The number of rotatable bonds is 11. The zero-order valence-corrected chi connectivity index (χ0v) is 29.6. The van der Waals surface area contributed by atoms with E-state index in [1.165, 1.54) is 44.1 Å². The first kappa shape index (κ1) is 41.4. The molecular formula is C38H74. The molecule has 0 saturated heterocycles. The monoisotopic (exact) mass is 531 g/mol. The minimum Gasteiger partial charge on any atom is -0.0741 e. The second-order valence-electron chi connectivity index (χ2n) is 15.0. The molecule has 0 aliphatic rings. The van der Waals surface area contributed by atoms with Crippen molar-refractivity contribution in [1.82, 2.24) is 0 Å². The Hall–Kier alpha value is -1.04. The molecule has 0 saturated carbocycles. The summed E-state index contributed by atoms with van der Waals surface area (Å²) in [7, 11) is 0. The van der Waals surface area contributed by atoms with Crippen LogP contribution < -0.4 is 0 Å². The minimum absolute atomic E-state index is 0.544. The van der Waals surface area contributed by atoms with Crippen molar-refractivity contribution in [3.63, 3.8) is 0 Å². The molecule has 0 fully saturated rings. The van der Waals surface area contributed by atoms with Gasteiger partial charge in [0.1, 0.15) is 0 Å². The fourth-order valence-electron chi connectivity index (χ4n) is 4.95. The Balaban J connectivity index is -0.000000445. The summed E-state index contributed by atoms with van der Waals surface area (Å²) in [4.78, 5) is 0. The number of allylic oxidation sites excluding steroid dienone is 2. The first-order chi connectivity index (χ1) is 17.3. The van der Waals surface area contributed by atoms with E-state index in [9.17, 15) is 0 Å². The van der Waals surface area contributed by atoms with E-state index in [2.05, 4.69) is 148 Å². The third-order valence-corrected chi connectivity index (χ3v) is 6.38. The van der Waals surface area contributed by atoms with Crippen molar-refractivity contribution in [3.05, 3.63) is 47.0 Å². The SMILES string of the molecule is C/C(CC(C)C)=C(\C)CC(C)C.CC(C)CC(C)(C)CC(C)C.CC(C)Cc1ccccc1.CCC(C)C. The molecule has 1 rings (SSSR count). The lowest BCUT2D eigenvalue weighted by Crippen LogP contribution is -2.16. The van der Waals surface area contributed by atoms with Gasteiger partial charge in [0, 0.05) is 0 Å². The van der Waals surface area contributed by atoms with E-state index in [4.69, 9.17) is 0 Å². The maximum atomic E-state index is 2.38. The molecule has 0 unspecified atom stereocenters. The van der Waals surface area contributed by atoms with Crippen LogP contribution in [0.5, 0.6) is 0 Å². The fourth-order valence-corrected chi connectivity index (χ4v) is 4.95. The number of benzene rings is 1. The van der Waals surface area contributed by atoms with Gasteiger partial charge < -0.3 is 0 Å². The highest BCUT2D eigenvalue weighted by Gasteiger charge is 2.20. The molecule has 0 aliphatic carbocycles. The predicted molar refractivity (Wildman–Crippen MR) is 180 cm³/mol. The lowest BCUT2D eigenvalue weighted by Gasteiger charge is -2.28. The van der Waals surface area contributed by atoms with E-state index in [-0.39, 0.29) is 0 Å². The Morgan fingerprint density at radius 1 is 0.553 bits per heavy atom. The van der Waals surface area contributed by atoms with Crippen molar-refractivity contribution < 1.29 is 0 Å². The first-order valence-electron chi connectivity index (χ1n) is 16.0. The Labute approximate surface area is 243 Å². The molecule has 0 amide bonds. The maximum absolute atomic E-state index is 2.38. The Kier molecular flexibility index (Phi) is 26.0. The minimum atomic E-state index is 0.544. The summed E-state index contributed by atoms with van der Waals surface area (Å²) < 4.78 is 0. The molecule has 0 heterocycles. The van der Waals surface area contributed by atoms with Crippen LogP contribution in [0, 0.1) is 40.9 Å². The molecule has 0 atom stereocenters. The van der Waals surface area contributed by atoms with E-state index < -0.39 is 0 Å². The van der Waals surface area contributed by atoms with Crippen LogP contribution in [0.15, 0.2) is 41.5 Å². The predicted octanol–water partition coefficient (Wildman–Crippen LogP) is 13.5. The van der Waals surface area contributed by atoms with Crippen molar-refractivity contribution in [2.24, 2.45) is 40.9 Å². The molecule has 0 aliphatic heterocycles. The van der Waals surface area contributed by atoms with Gasteiger partial charge in [-0.25, -0.2) is 0 Å². The molecule has 0 spiro atoms. The normalized spacial score (nSPS) is 12.2. The molecule has 0 nitrogen and oxygen atoms in total. The number of hydrogen-bond acceptors (Lipinski definition) is 0. The Bertz CT molecular complexity index is 623. The molecule has 1 aromatic carbocycles. The van der Waals surface area contributed by atoms with E-state index in [1.807, 2.05) is 0 Å². The highest BCUT2D eigenvalue weighted by molar-refractivity contribution is 5.14. The van der Waals surface area contributed by atoms with Gasteiger partial charge in [0.15, 0.2) is 0 Å². The second kappa shape index (κ2) is 23.8. The Morgan fingerprint density at radius 2 is 0.895 bits per heavy atom. The van der Waals surface area contributed by atoms with Gasteiger partial charge in [-0.1, -0.05) is 152 Å². The van der Waals surface area contributed by atoms with E-state index in [1.54, 1.807) is 11.1 Å². The quantitative estimate of drug-likeness (QED) is 0.249. The molecular weight excluding hydrogens is 456 g/mol. The van der Waals surface area contributed by atoms with Crippen LogP contribution in [0.2, 0.25) is 0 Å². The molecule has 0 aromatic heterocycles. The molecule has 38 heavy (non-hydrogen) atoms. The zero-order chi connectivity index (χ0) is 30.5. The van der Waals surface area contributed by atoms with Gasteiger partial charge >= 0.3 is 0 Å². The second-order valence-corrected chi connectivity index (χ2v) is 15.0. The summed E-state index contributed by atoms with van der Waals surface area (Å²) in [6.45, 7) is 38.8. The van der Waals surface area contributed by atoms with Gasteiger partial charge in [0.05, 0.1) is 0 Å². The lowest BCUT2D eigenvalue weighted by atomic mass is 9.78. The van der Waals surface area contributed by atoms with Gasteiger partial charge in [-0.15, -0.1) is 0 Å². The van der Waals surface area contributed by atoms with Gasteiger partial charge in [-0.05, 0) is 92.4 Å². The molecule has 0 heteroatoms.